The third-order valence-electron chi connectivity index (χ3n) is 2.16. The molecule has 1 saturated heterocycles. The van der Waals surface area contributed by atoms with Gasteiger partial charge in [0.15, 0.2) is 0 Å². The van der Waals surface area contributed by atoms with Crippen LogP contribution in [0.2, 0.25) is 0 Å². The second-order valence-electron chi connectivity index (χ2n) is 3.10. The number of hydrogen-bond acceptors (Lipinski definition) is 2. The summed E-state index contributed by atoms with van der Waals surface area (Å²) in [6, 6.07) is 0. The summed E-state index contributed by atoms with van der Waals surface area (Å²) in [5.41, 5.74) is 0. The SMILES string of the molecule is COC(C)CC1CSCC1Cl. The van der Waals surface area contributed by atoms with Crippen molar-refractivity contribution in [3.8, 4) is 0 Å². The normalized spacial score (nSPS) is 34.1. The number of thioether (sulfide) groups is 1. The van der Waals surface area contributed by atoms with Gasteiger partial charge in [0.05, 0.1) is 6.10 Å². The maximum Gasteiger partial charge on any atom is 0.0546 e. The molecule has 0 aliphatic carbocycles. The Labute approximate surface area is 77.8 Å². The van der Waals surface area contributed by atoms with Crippen molar-refractivity contribution in [2.75, 3.05) is 18.6 Å². The molecular formula is C8H15ClOS. The Bertz CT molecular complexity index is 121. The molecule has 0 N–H and O–H groups in total. The Morgan fingerprint density at radius 2 is 2.36 bits per heavy atom. The topological polar surface area (TPSA) is 9.23 Å². The van der Waals surface area contributed by atoms with E-state index < -0.39 is 0 Å². The minimum absolute atomic E-state index is 0.361. The molecule has 1 fully saturated rings. The van der Waals surface area contributed by atoms with Gasteiger partial charge >= 0.3 is 0 Å². The number of ether oxygens (including phenoxy) is 1. The van der Waals surface area contributed by atoms with E-state index in [4.69, 9.17) is 16.3 Å². The van der Waals surface area contributed by atoms with Crippen molar-refractivity contribution in [3.05, 3.63) is 0 Å². The fraction of sp³-hybridized carbons (Fsp3) is 1.00. The van der Waals surface area contributed by atoms with Gasteiger partial charge in [-0.25, -0.2) is 0 Å². The van der Waals surface area contributed by atoms with Gasteiger partial charge in [-0.05, 0) is 25.0 Å². The van der Waals surface area contributed by atoms with Crippen molar-refractivity contribution < 1.29 is 4.74 Å². The molecule has 0 aromatic heterocycles. The standard InChI is InChI=1S/C8H15ClOS/c1-6(10-2)3-7-4-11-5-8(7)9/h6-8H,3-5H2,1-2H3. The van der Waals surface area contributed by atoms with Crippen molar-refractivity contribution in [2.45, 2.75) is 24.8 Å². The molecule has 0 radical (unpaired) electrons. The van der Waals surface area contributed by atoms with E-state index >= 15 is 0 Å². The van der Waals surface area contributed by atoms with E-state index in [0.29, 0.717) is 17.4 Å². The molecule has 3 unspecified atom stereocenters. The molecule has 1 rings (SSSR count). The van der Waals surface area contributed by atoms with Gasteiger partial charge < -0.3 is 4.74 Å². The minimum atomic E-state index is 0.361. The van der Waals surface area contributed by atoms with Crippen LogP contribution in [-0.2, 0) is 4.74 Å². The summed E-state index contributed by atoms with van der Waals surface area (Å²) in [6.07, 6.45) is 1.47. The lowest BCUT2D eigenvalue weighted by molar-refractivity contribution is 0.0987. The molecule has 1 aliphatic rings. The Balaban J connectivity index is 2.24. The van der Waals surface area contributed by atoms with Gasteiger partial charge in [0.1, 0.15) is 0 Å². The number of halogens is 1. The maximum absolute atomic E-state index is 6.10. The van der Waals surface area contributed by atoms with Crippen molar-refractivity contribution in [1.29, 1.82) is 0 Å². The van der Waals surface area contributed by atoms with Crippen LogP contribution in [0.15, 0.2) is 0 Å². The highest BCUT2D eigenvalue weighted by atomic mass is 35.5. The molecular weight excluding hydrogens is 180 g/mol. The lowest BCUT2D eigenvalue weighted by Gasteiger charge is -2.16. The highest BCUT2D eigenvalue weighted by Gasteiger charge is 2.26. The summed E-state index contributed by atoms with van der Waals surface area (Å²) >= 11 is 8.06. The largest absolute Gasteiger partial charge is 0.382 e. The highest BCUT2D eigenvalue weighted by molar-refractivity contribution is 7.99. The first-order valence-electron chi connectivity index (χ1n) is 3.98. The van der Waals surface area contributed by atoms with Crippen LogP contribution >= 0.6 is 23.4 Å². The van der Waals surface area contributed by atoms with E-state index in [0.717, 1.165) is 12.2 Å². The molecule has 0 aromatic carbocycles. The maximum atomic E-state index is 6.10. The fourth-order valence-electron chi connectivity index (χ4n) is 1.31. The second kappa shape index (κ2) is 4.58. The number of methoxy groups -OCH3 is 1. The molecule has 11 heavy (non-hydrogen) atoms. The summed E-state index contributed by atoms with van der Waals surface area (Å²) in [4.78, 5) is 0. The third kappa shape index (κ3) is 2.85. The van der Waals surface area contributed by atoms with Crippen molar-refractivity contribution in [2.24, 2.45) is 5.92 Å². The molecule has 0 saturated carbocycles. The van der Waals surface area contributed by atoms with Gasteiger partial charge in [-0.1, -0.05) is 0 Å². The van der Waals surface area contributed by atoms with E-state index in [9.17, 15) is 0 Å². The number of rotatable bonds is 3. The Morgan fingerprint density at radius 3 is 2.82 bits per heavy atom. The van der Waals surface area contributed by atoms with Crippen LogP contribution in [0.5, 0.6) is 0 Å². The van der Waals surface area contributed by atoms with Crippen LogP contribution < -0.4 is 0 Å². The third-order valence-corrected chi connectivity index (χ3v) is 4.11. The number of hydrogen-bond donors (Lipinski definition) is 0. The van der Waals surface area contributed by atoms with Crippen LogP contribution in [-0.4, -0.2) is 30.1 Å². The van der Waals surface area contributed by atoms with E-state index in [1.165, 1.54) is 5.75 Å². The lowest BCUT2D eigenvalue weighted by atomic mass is 10.0. The fourth-order valence-corrected chi connectivity index (χ4v) is 3.18. The Hall–Kier alpha value is 0.600. The van der Waals surface area contributed by atoms with Gasteiger partial charge in [0.25, 0.3) is 0 Å². The summed E-state index contributed by atoms with van der Waals surface area (Å²) < 4.78 is 5.19. The predicted molar refractivity (Wildman–Crippen MR) is 51.5 cm³/mol. The first-order valence-corrected chi connectivity index (χ1v) is 5.57. The summed E-state index contributed by atoms with van der Waals surface area (Å²) in [5, 5.41) is 0.373. The van der Waals surface area contributed by atoms with Crippen LogP contribution in [0.25, 0.3) is 0 Å². The molecule has 3 atom stereocenters. The van der Waals surface area contributed by atoms with Gasteiger partial charge in [-0.15, -0.1) is 11.6 Å². The second-order valence-corrected chi connectivity index (χ2v) is 4.73. The first-order chi connectivity index (χ1) is 5.24. The quantitative estimate of drug-likeness (QED) is 0.639. The average molecular weight is 195 g/mol. The molecule has 1 heterocycles. The molecule has 1 aliphatic heterocycles. The van der Waals surface area contributed by atoms with E-state index in [1.54, 1.807) is 7.11 Å². The average Bonchev–Trinajstić information content (AvgIpc) is 2.37. The van der Waals surface area contributed by atoms with E-state index in [1.807, 2.05) is 11.8 Å². The Morgan fingerprint density at radius 1 is 1.64 bits per heavy atom. The monoisotopic (exact) mass is 194 g/mol. The van der Waals surface area contributed by atoms with Gasteiger partial charge in [0.2, 0.25) is 0 Å². The Kier molecular flexibility index (Phi) is 4.04. The zero-order valence-electron chi connectivity index (χ0n) is 7.05. The molecule has 0 aromatic rings. The van der Waals surface area contributed by atoms with Crippen LogP contribution in [0.3, 0.4) is 0 Å². The van der Waals surface area contributed by atoms with Crippen LogP contribution in [0.1, 0.15) is 13.3 Å². The van der Waals surface area contributed by atoms with E-state index in [-0.39, 0.29) is 0 Å². The molecule has 66 valence electrons. The zero-order chi connectivity index (χ0) is 8.27. The summed E-state index contributed by atoms with van der Waals surface area (Å²) in [6.45, 7) is 2.10. The van der Waals surface area contributed by atoms with Crippen molar-refractivity contribution in [3.63, 3.8) is 0 Å². The van der Waals surface area contributed by atoms with E-state index in [2.05, 4.69) is 6.92 Å². The molecule has 1 nitrogen and oxygen atoms in total. The highest BCUT2D eigenvalue weighted by Crippen LogP contribution is 2.31. The van der Waals surface area contributed by atoms with Crippen molar-refractivity contribution in [1.82, 2.24) is 0 Å². The predicted octanol–water partition coefficient (Wildman–Crippen LogP) is 2.38. The van der Waals surface area contributed by atoms with Crippen molar-refractivity contribution >= 4 is 23.4 Å². The lowest BCUT2D eigenvalue weighted by Crippen LogP contribution is -2.19. The number of alkyl halides is 1. The molecule has 0 bridgehead atoms. The summed E-state index contributed by atoms with van der Waals surface area (Å²) in [5.74, 6) is 2.99. The van der Waals surface area contributed by atoms with Crippen LogP contribution in [0, 0.1) is 5.92 Å². The zero-order valence-corrected chi connectivity index (χ0v) is 8.62. The molecule has 3 heteroatoms. The van der Waals surface area contributed by atoms with Crippen LogP contribution in [0.4, 0.5) is 0 Å². The molecule has 0 spiro atoms. The van der Waals surface area contributed by atoms with Gasteiger partial charge in [-0.2, -0.15) is 11.8 Å². The molecule has 0 amide bonds. The van der Waals surface area contributed by atoms with Gasteiger partial charge in [0, 0.05) is 18.2 Å². The van der Waals surface area contributed by atoms with Gasteiger partial charge in [-0.3, -0.25) is 0 Å². The minimum Gasteiger partial charge on any atom is -0.382 e. The smallest absolute Gasteiger partial charge is 0.0546 e. The summed E-state index contributed by atoms with van der Waals surface area (Å²) in [7, 11) is 1.76. The first kappa shape index (κ1) is 9.69.